The number of hydrogen-bond donors (Lipinski definition) is 1. The summed E-state index contributed by atoms with van der Waals surface area (Å²) in [7, 11) is 0. The Bertz CT molecular complexity index is 576. The Labute approximate surface area is 130 Å². The van der Waals surface area contributed by atoms with E-state index in [4.69, 9.17) is 9.84 Å². The molecule has 0 unspecified atom stereocenters. The molecule has 2 rings (SSSR count). The van der Waals surface area contributed by atoms with Crippen LogP contribution in [0.3, 0.4) is 0 Å². The van der Waals surface area contributed by atoms with E-state index in [1.165, 1.54) is 0 Å². The normalized spacial score (nSPS) is 21.7. The van der Waals surface area contributed by atoms with Gasteiger partial charge in [-0.05, 0) is 51.8 Å². The van der Waals surface area contributed by atoms with Gasteiger partial charge in [-0.15, -0.1) is 0 Å². The third kappa shape index (κ3) is 3.78. The molecular weight excluding hydrogens is 282 g/mol. The van der Waals surface area contributed by atoms with Crippen LogP contribution < -0.4 is 0 Å². The molecule has 1 saturated heterocycles. The Morgan fingerprint density at radius 3 is 2.59 bits per heavy atom. The van der Waals surface area contributed by atoms with Crippen LogP contribution in [0.2, 0.25) is 0 Å². The number of carboxylic acid groups (broad SMARTS) is 1. The lowest BCUT2D eigenvalue weighted by atomic mass is 9.95. The largest absolute Gasteiger partial charge is 0.478 e. The fraction of sp³-hybridized carbons (Fsp3) is 0.529. The van der Waals surface area contributed by atoms with Gasteiger partial charge >= 0.3 is 12.1 Å². The van der Waals surface area contributed by atoms with Crippen molar-refractivity contribution >= 4 is 12.1 Å². The summed E-state index contributed by atoms with van der Waals surface area (Å²) in [5.41, 5.74) is 0.719. The van der Waals surface area contributed by atoms with Gasteiger partial charge in [0.1, 0.15) is 5.60 Å². The van der Waals surface area contributed by atoms with E-state index in [9.17, 15) is 9.59 Å². The average molecular weight is 305 g/mol. The maximum Gasteiger partial charge on any atom is 0.410 e. The molecule has 0 aromatic heterocycles. The lowest BCUT2D eigenvalue weighted by Crippen LogP contribution is -2.38. The van der Waals surface area contributed by atoms with Crippen LogP contribution in [-0.2, 0) is 4.74 Å². The van der Waals surface area contributed by atoms with Crippen LogP contribution in [0.5, 0.6) is 0 Å². The predicted octanol–water partition coefficient (Wildman–Crippen LogP) is 3.50. The Kier molecular flexibility index (Phi) is 4.44. The number of rotatable bonds is 2. The minimum atomic E-state index is -0.933. The number of likely N-dealkylation sites (tertiary alicyclic amines) is 1. The highest BCUT2D eigenvalue weighted by Crippen LogP contribution is 2.33. The van der Waals surface area contributed by atoms with Crippen molar-refractivity contribution in [2.75, 3.05) is 6.54 Å². The minimum absolute atomic E-state index is 0.0772. The average Bonchev–Trinajstić information content (AvgIpc) is 2.79. The molecule has 2 atom stereocenters. The Hall–Kier alpha value is -2.04. The van der Waals surface area contributed by atoms with Gasteiger partial charge in [-0.1, -0.05) is 12.1 Å². The molecule has 22 heavy (non-hydrogen) atoms. The SMILES string of the molecule is C[C@@H]1C[C@@H](c2cccc(C(=O)O)c2)CN1C(=O)OC(C)(C)C. The monoisotopic (exact) mass is 305 g/mol. The van der Waals surface area contributed by atoms with Crippen LogP contribution in [-0.4, -0.2) is 40.3 Å². The van der Waals surface area contributed by atoms with Gasteiger partial charge in [0.25, 0.3) is 0 Å². The highest BCUT2D eigenvalue weighted by atomic mass is 16.6. The first kappa shape index (κ1) is 16.3. The summed E-state index contributed by atoms with van der Waals surface area (Å²) in [5.74, 6) is -0.793. The van der Waals surface area contributed by atoms with E-state index < -0.39 is 11.6 Å². The molecule has 1 heterocycles. The first-order valence-electron chi connectivity index (χ1n) is 7.50. The van der Waals surface area contributed by atoms with Crippen LogP contribution in [0.1, 0.15) is 56.0 Å². The summed E-state index contributed by atoms with van der Waals surface area (Å²) in [4.78, 5) is 25.0. The van der Waals surface area contributed by atoms with Crippen LogP contribution in [0.15, 0.2) is 24.3 Å². The summed E-state index contributed by atoms with van der Waals surface area (Å²) in [6.07, 6.45) is 0.499. The van der Waals surface area contributed by atoms with Crippen molar-refractivity contribution in [2.24, 2.45) is 0 Å². The lowest BCUT2D eigenvalue weighted by molar-refractivity contribution is 0.0237. The van der Waals surface area contributed by atoms with E-state index in [-0.39, 0.29) is 23.6 Å². The van der Waals surface area contributed by atoms with Crippen molar-refractivity contribution < 1.29 is 19.4 Å². The van der Waals surface area contributed by atoms with Gasteiger partial charge in [0.15, 0.2) is 0 Å². The van der Waals surface area contributed by atoms with Crippen LogP contribution >= 0.6 is 0 Å². The smallest absolute Gasteiger partial charge is 0.410 e. The molecule has 1 aromatic rings. The summed E-state index contributed by atoms with van der Waals surface area (Å²) in [6, 6.07) is 7.02. The number of ether oxygens (including phenoxy) is 1. The number of carbonyl (C=O) groups excluding carboxylic acids is 1. The molecule has 5 nitrogen and oxygen atoms in total. The first-order chi connectivity index (χ1) is 10.2. The van der Waals surface area contributed by atoms with Gasteiger partial charge in [0.2, 0.25) is 0 Å². The van der Waals surface area contributed by atoms with Gasteiger partial charge in [0, 0.05) is 18.5 Å². The van der Waals surface area contributed by atoms with Gasteiger partial charge in [-0.2, -0.15) is 0 Å². The molecule has 0 spiro atoms. The van der Waals surface area contributed by atoms with Gasteiger partial charge in [0.05, 0.1) is 5.56 Å². The molecule has 1 amide bonds. The third-order valence-electron chi connectivity index (χ3n) is 3.81. The Morgan fingerprint density at radius 2 is 2.00 bits per heavy atom. The highest BCUT2D eigenvalue weighted by Gasteiger charge is 2.35. The van der Waals surface area contributed by atoms with E-state index in [0.29, 0.717) is 6.54 Å². The fourth-order valence-electron chi connectivity index (χ4n) is 2.77. The Balaban J connectivity index is 2.12. The fourth-order valence-corrected chi connectivity index (χ4v) is 2.77. The molecule has 1 N–H and O–H groups in total. The zero-order chi connectivity index (χ0) is 16.5. The van der Waals surface area contributed by atoms with Gasteiger partial charge in [-0.3, -0.25) is 0 Å². The molecule has 0 bridgehead atoms. The van der Waals surface area contributed by atoms with Crippen molar-refractivity contribution in [3.63, 3.8) is 0 Å². The second-order valence-electron chi connectivity index (χ2n) is 6.84. The highest BCUT2D eigenvalue weighted by molar-refractivity contribution is 5.87. The van der Waals surface area contributed by atoms with Crippen LogP contribution in [0.4, 0.5) is 4.79 Å². The summed E-state index contributed by atoms with van der Waals surface area (Å²) in [6.45, 7) is 8.09. The molecule has 0 aliphatic carbocycles. The van der Waals surface area contributed by atoms with Crippen molar-refractivity contribution in [1.82, 2.24) is 4.90 Å². The molecule has 1 aliphatic heterocycles. The van der Waals surface area contributed by atoms with Gasteiger partial charge in [-0.25, -0.2) is 9.59 Å². The predicted molar refractivity (Wildman–Crippen MR) is 83.2 cm³/mol. The maximum absolute atomic E-state index is 12.2. The summed E-state index contributed by atoms with van der Waals surface area (Å²) < 4.78 is 5.43. The van der Waals surface area contributed by atoms with Crippen molar-refractivity contribution in [1.29, 1.82) is 0 Å². The lowest BCUT2D eigenvalue weighted by Gasteiger charge is -2.27. The van der Waals surface area contributed by atoms with E-state index >= 15 is 0 Å². The van der Waals surface area contributed by atoms with E-state index in [0.717, 1.165) is 12.0 Å². The van der Waals surface area contributed by atoms with E-state index in [1.807, 2.05) is 33.8 Å². The zero-order valence-electron chi connectivity index (χ0n) is 13.5. The quantitative estimate of drug-likeness (QED) is 0.908. The number of carboxylic acids is 1. The molecular formula is C17H23NO4. The minimum Gasteiger partial charge on any atom is -0.478 e. The number of amides is 1. The number of aromatic carboxylic acids is 1. The third-order valence-corrected chi connectivity index (χ3v) is 3.81. The van der Waals surface area contributed by atoms with Crippen molar-refractivity contribution in [3.05, 3.63) is 35.4 Å². The molecule has 1 aliphatic rings. The topological polar surface area (TPSA) is 66.8 Å². The second-order valence-corrected chi connectivity index (χ2v) is 6.84. The Morgan fingerprint density at radius 1 is 1.32 bits per heavy atom. The number of carbonyl (C=O) groups is 2. The molecule has 0 radical (unpaired) electrons. The zero-order valence-corrected chi connectivity index (χ0v) is 13.5. The molecule has 0 saturated carbocycles. The summed E-state index contributed by atoms with van der Waals surface area (Å²) >= 11 is 0. The van der Waals surface area contributed by atoms with Crippen LogP contribution in [0, 0.1) is 0 Å². The number of benzene rings is 1. The first-order valence-corrected chi connectivity index (χ1v) is 7.50. The van der Waals surface area contributed by atoms with Crippen molar-refractivity contribution in [3.8, 4) is 0 Å². The molecule has 120 valence electrons. The van der Waals surface area contributed by atoms with Gasteiger partial charge < -0.3 is 14.7 Å². The molecule has 5 heteroatoms. The molecule has 1 fully saturated rings. The number of hydrogen-bond acceptors (Lipinski definition) is 3. The van der Waals surface area contributed by atoms with Crippen molar-refractivity contribution in [2.45, 2.75) is 51.7 Å². The number of nitrogens with zero attached hydrogens (tertiary/aromatic N) is 1. The van der Waals surface area contributed by atoms with Crippen LogP contribution in [0.25, 0.3) is 0 Å². The second kappa shape index (κ2) is 5.99. The maximum atomic E-state index is 12.2. The van der Waals surface area contributed by atoms with E-state index in [2.05, 4.69) is 0 Å². The van der Waals surface area contributed by atoms with E-state index in [1.54, 1.807) is 23.1 Å². The standard InChI is InChI=1S/C17H23NO4/c1-11-8-14(10-18(11)16(21)22-17(2,3)4)12-6-5-7-13(9-12)15(19)20/h5-7,9,11,14H,8,10H2,1-4H3,(H,19,20)/t11-,14-/m1/s1. The molecule has 1 aromatic carbocycles. The summed E-state index contributed by atoms with van der Waals surface area (Å²) in [5, 5.41) is 9.09.